The predicted molar refractivity (Wildman–Crippen MR) is 92.3 cm³/mol. The molecule has 0 aliphatic heterocycles. The highest BCUT2D eigenvalue weighted by Crippen LogP contribution is 2.20. The molecule has 0 atom stereocenters. The van der Waals surface area contributed by atoms with Crippen LogP contribution in [0, 0.1) is 3.57 Å². The van der Waals surface area contributed by atoms with E-state index in [1.165, 1.54) is 0 Å². The molecule has 0 saturated heterocycles. The van der Waals surface area contributed by atoms with Gasteiger partial charge in [-0.25, -0.2) is 0 Å². The van der Waals surface area contributed by atoms with Crippen molar-refractivity contribution in [3.05, 3.63) is 57.7 Å². The van der Waals surface area contributed by atoms with Crippen molar-refractivity contribution in [3.63, 3.8) is 0 Å². The molecule has 0 saturated carbocycles. The van der Waals surface area contributed by atoms with E-state index >= 15 is 0 Å². The fourth-order valence-electron chi connectivity index (χ4n) is 1.85. The van der Waals surface area contributed by atoms with Crippen molar-refractivity contribution in [3.8, 4) is 0 Å². The topological polar surface area (TPSA) is 41.1 Å². The van der Waals surface area contributed by atoms with E-state index in [9.17, 15) is 4.79 Å². The standard InChI is InChI=1S/C16H17IN2O/c1-2-11-18-14-9-5-3-7-12(14)16(20)19-15-10-6-4-8-13(15)17/h3-10,18H,2,11H2,1H3,(H,19,20). The van der Waals surface area contributed by atoms with E-state index in [0.29, 0.717) is 5.56 Å². The molecule has 0 spiro atoms. The minimum absolute atomic E-state index is 0.0895. The summed E-state index contributed by atoms with van der Waals surface area (Å²) in [6, 6.07) is 15.3. The molecular weight excluding hydrogens is 363 g/mol. The van der Waals surface area contributed by atoms with Crippen LogP contribution in [-0.2, 0) is 0 Å². The average molecular weight is 380 g/mol. The van der Waals surface area contributed by atoms with E-state index in [0.717, 1.165) is 27.9 Å². The van der Waals surface area contributed by atoms with Crippen LogP contribution in [-0.4, -0.2) is 12.5 Å². The molecule has 3 nitrogen and oxygen atoms in total. The first kappa shape index (κ1) is 14.8. The summed E-state index contributed by atoms with van der Waals surface area (Å²) >= 11 is 2.21. The van der Waals surface area contributed by atoms with Crippen molar-refractivity contribution >= 4 is 39.9 Å². The zero-order chi connectivity index (χ0) is 14.4. The van der Waals surface area contributed by atoms with Crippen LogP contribution < -0.4 is 10.6 Å². The first-order chi connectivity index (χ1) is 9.72. The Bertz CT molecular complexity index is 599. The fourth-order valence-corrected chi connectivity index (χ4v) is 2.37. The summed E-state index contributed by atoms with van der Waals surface area (Å²) in [4.78, 5) is 12.4. The quantitative estimate of drug-likeness (QED) is 0.757. The first-order valence-electron chi connectivity index (χ1n) is 6.61. The summed E-state index contributed by atoms with van der Waals surface area (Å²) < 4.78 is 1.03. The van der Waals surface area contributed by atoms with Crippen LogP contribution in [0.2, 0.25) is 0 Å². The molecule has 4 heteroatoms. The Kier molecular flexibility index (Phi) is 5.40. The molecule has 0 fully saturated rings. The van der Waals surface area contributed by atoms with Crippen molar-refractivity contribution in [2.45, 2.75) is 13.3 Å². The van der Waals surface area contributed by atoms with Crippen molar-refractivity contribution in [1.29, 1.82) is 0 Å². The van der Waals surface area contributed by atoms with Gasteiger partial charge >= 0.3 is 0 Å². The molecule has 20 heavy (non-hydrogen) atoms. The lowest BCUT2D eigenvalue weighted by Crippen LogP contribution is -2.15. The summed E-state index contributed by atoms with van der Waals surface area (Å²) in [5.41, 5.74) is 2.38. The van der Waals surface area contributed by atoms with E-state index in [1.807, 2.05) is 48.5 Å². The van der Waals surface area contributed by atoms with Gasteiger partial charge in [-0.1, -0.05) is 31.2 Å². The van der Waals surface area contributed by atoms with Gasteiger partial charge in [0.25, 0.3) is 5.91 Å². The second kappa shape index (κ2) is 7.28. The van der Waals surface area contributed by atoms with Gasteiger partial charge < -0.3 is 10.6 Å². The molecule has 0 aliphatic carbocycles. The summed E-state index contributed by atoms with van der Waals surface area (Å²) in [5, 5.41) is 6.24. The Balaban J connectivity index is 2.19. The smallest absolute Gasteiger partial charge is 0.257 e. The molecule has 1 amide bonds. The van der Waals surface area contributed by atoms with Crippen molar-refractivity contribution in [2.75, 3.05) is 17.2 Å². The van der Waals surface area contributed by atoms with Gasteiger partial charge in [0, 0.05) is 15.8 Å². The maximum absolute atomic E-state index is 12.4. The lowest BCUT2D eigenvalue weighted by molar-refractivity contribution is 0.102. The molecule has 2 aromatic rings. The molecule has 2 rings (SSSR count). The summed E-state index contributed by atoms with van der Waals surface area (Å²) in [6.07, 6.45) is 1.02. The van der Waals surface area contributed by atoms with Gasteiger partial charge in [0.15, 0.2) is 0 Å². The molecule has 0 aromatic heterocycles. The summed E-state index contributed by atoms with van der Waals surface area (Å²) in [7, 11) is 0. The van der Waals surface area contributed by atoms with Gasteiger partial charge in [0.2, 0.25) is 0 Å². The van der Waals surface area contributed by atoms with Gasteiger partial charge in [-0.05, 0) is 53.3 Å². The highest BCUT2D eigenvalue weighted by atomic mass is 127. The molecule has 0 aliphatic rings. The van der Waals surface area contributed by atoms with E-state index in [1.54, 1.807) is 0 Å². The van der Waals surface area contributed by atoms with E-state index in [4.69, 9.17) is 0 Å². The first-order valence-corrected chi connectivity index (χ1v) is 7.69. The van der Waals surface area contributed by atoms with Crippen LogP contribution in [0.25, 0.3) is 0 Å². The number of benzene rings is 2. The molecule has 2 aromatic carbocycles. The second-order valence-electron chi connectivity index (χ2n) is 4.41. The number of carbonyl (C=O) groups is 1. The number of rotatable bonds is 5. The maximum Gasteiger partial charge on any atom is 0.257 e. The van der Waals surface area contributed by atoms with Crippen LogP contribution in [0.5, 0.6) is 0 Å². The monoisotopic (exact) mass is 380 g/mol. The third kappa shape index (κ3) is 3.72. The zero-order valence-corrected chi connectivity index (χ0v) is 13.5. The van der Waals surface area contributed by atoms with Crippen molar-refractivity contribution in [2.24, 2.45) is 0 Å². The summed E-state index contributed by atoms with van der Waals surface area (Å²) in [6.45, 7) is 2.95. The summed E-state index contributed by atoms with van der Waals surface area (Å²) in [5.74, 6) is -0.0895. The molecule has 0 bridgehead atoms. The molecule has 0 radical (unpaired) electrons. The number of hydrogen-bond acceptors (Lipinski definition) is 2. The van der Waals surface area contributed by atoms with E-state index in [2.05, 4.69) is 40.1 Å². The minimum atomic E-state index is -0.0895. The normalized spacial score (nSPS) is 10.1. The Hall–Kier alpha value is -1.56. The highest BCUT2D eigenvalue weighted by Gasteiger charge is 2.11. The number of carbonyl (C=O) groups excluding carboxylic acids is 1. The fraction of sp³-hybridized carbons (Fsp3) is 0.188. The Morgan fingerprint density at radius 1 is 1.05 bits per heavy atom. The van der Waals surface area contributed by atoms with Crippen LogP contribution in [0.1, 0.15) is 23.7 Å². The van der Waals surface area contributed by atoms with Gasteiger partial charge in [0.1, 0.15) is 0 Å². The van der Waals surface area contributed by atoms with Crippen molar-refractivity contribution in [1.82, 2.24) is 0 Å². The van der Waals surface area contributed by atoms with Crippen molar-refractivity contribution < 1.29 is 4.79 Å². The number of halogens is 1. The third-order valence-corrected chi connectivity index (χ3v) is 3.80. The number of hydrogen-bond donors (Lipinski definition) is 2. The van der Waals surface area contributed by atoms with E-state index < -0.39 is 0 Å². The lowest BCUT2D eigenvalue weighted by Gasteiger charge is -2.12. The predicted octanol–water partition coefficient (Wildman–Crippen LogP) is 4.37. The van der Waals surface area contributed by atoms with Crippen LogP contribution >= 0.6 is 22.6 Å². The van der Waals surface area contributed by atoms with Crippen LogP contribution in [0.4, 0.5) is 11.4 Å². The highest BCUT2D eigenvalue weighted by molar-refractivity contribution is 14.1. The Morgan fingerprint density at radius 3 is 2.40 bits per heavy atom. The number of nitrogens with one attached hydrogen (secondary N) is 2. The average Bonchev–Trinajstić information content (AvgIpc) is 2.47. The van der Waals surface area contributed by atoms with Gasteiger partial charge in [0.05, 0.1) is 11.3 Å². The minimum Gasteiger partial charge on any atom is -0.384 e. The number of anilines is 2. The van der Waals surface area contributed by atoms with Crippen LogP contribution in [0.3, 0.4) is 0 Å². The second-order valence-corrected chi connectivity index (χ2v) is 5.57. The maximum atomic E-state index is 12.4. The molecule has 0 unspecified atom stereocenters. The van der Waals surface area contributed by atoms with Gasteiger partial charge in [-0.3, -0.25) is 4.79 Å². The molecule has 2 N–H and O–H groups in total. The largest absolute Gasteiger partial charge is 0.384 e. The van der Waals surface area contributed by atoms with E-state index in [-0.39, 0.29) is 5.91 Å². The molecule has 104 valence electrons. The van der Waals surface area contributed by atoms with Crippen LogP contribution in [0.15, 0.2) is 48.5 Å². The van der Waals surface area contributed by atoms with Gasteiger partial charge in [-0.2, -0.15) is 0 Å². The molecule has 0 heterocycles. The Labute approximate surface area is 132 Å². The number of para-hydroxylation sites is 2. The zero-order valence-electron chi connectivity index (χ0n) is 11.3. The number of amides is 1. The molecular formula is C16H17IN2O. The SMILES string of the molecule is CCCNc1ccccc1C(=O)Nc1ccccc1I. The lowest BCUT2D eigenvalue weighted by atomic mass is 10.1. The Morgan fingerprint density at radius 2 is 1.70 bits per heavy atom. The third-order valence-electron chi connectivity index (χ3n) is 2.86. The van der Waals surface area contributed by atoms with Gasteiger partial charge in [-0.15, -0.1) is 0 Å².